The van der Waals surface area contributed by atoms with E-state index in [9.17, 15) is 4.79 Å². The Morgan fingerprint density at radius 3 is 1.14 bits per heavy atom. The van der Waals surface area contributed by atoms with E-state index in [0.717, 1.165) is 89.5 Å². The van der Waals surface area contributed by atoms with E-state index in [-0.39, 0.29) is 51.8 Å². The molecule has 0 bridgehead atoms. The van der Waals surface area contributed by atoms with Crippen LogP contribution in [0.4, 0.5) is 0 Å². The van der Waals surface area contributed by atoms with Gasteiger partial charge in [-0.15, -0.1) is 71.3 Å². The number of carbonyl (C=O) groups excluding carboxylic acids is 1. The minimum Gasteiger partial charge on any atom is -0.512 e. The Morgan fingerprint density at radius 1 is 0.276 bits per heavy atom. The number of fused-ring (bicyclic) bond motifs is 13. The average Bonchev–Trinajstić information content (AvgIpc) is 1.59. The zero-order valence-corrected chi connectivity index (χ0v) is 83.7. The van der Waals surface area contributed by atoms with Crippen LogP contribution >= 0.6 is 0 Å². The molecule has 696 valence electrons. The second kappa shape index (κ2) is 43.0. The van der Waals surface area contributed by atoms with E-state index < -0.39 is 0 Å². The van der Waals surface area contributed by atoms with Crippen molar-refractivity contribution in [3.05, 3.63) is 527 Å². The van der Waals surface area contributed by atoms with Crippen molar-refractivity contribution in [2.45, 2.75) is 13.8 Å². The molecule has 0 fully saturated rings. The molecule has 145 heavy (non-hydrogen) atoms. The van der Waals surface area contributed by atoms with Crippen molar-refractivity contribution < 1.29 is 50.1 Å². The van der Waals surface area contributed by atoms with E-state index in [1.165, 1.54) is 135 Å². The number of rotatable bonds is 14. The van der Waals surface area contributed by atoms with Crippen LogP contribution in [0, 0.1) is 23.5 Å². The zero-order chi connectivity index (χ0) is 96.5. The summed E-state index contributed by atoms with van der Waals surface area (Å²) in [5.74, 6) is 1.85. The summed E-state index contributed by atoms with van der Waals surface area (Å²) < 4.78 is 9.45. The molecule has 7 heterocycles. The molecule has 2 radical (unpaired) electrons. The van der Waals surface area contributed by atoms with Gasteiger partial charge in [-0.2, -0.15) is 5.26 Å². The molecular formula is C131H90Ir2N10O2-2. The van der Waals surface area contributed by atoms with Crippen LogP contribution in [0.5, 0.6) is 0 Å². The van der Waals surface area contributed by atoms with Gasteiger partial charge in [-0.25, -0.2) is 15.0 Å². The quantitative estimate of drug-likeness (QED) is 0.0643. The SMILES string of the molecule is CC(=O)C=C(C)O.N#Cc1ccc(-c2ccc(-n3c4ccccc4c4cc(-c5ccc6c(c5)c5ccccc5n6-c5ccccc5)ccc43)cc2)cc1.[Ir].[Ir].[c-]1ccc(-c2ccccc2)cc1-c1ccccn1.[c-]1ccccc1-c1ccc2ccccc2n1.c1ccc(-c2nc(-c3ccccc3)nc(-c3cccc(-n4c5ccccc5c5ccc(-c6ccc7c(c6)c6ccccc6n7-c6ccccc6)cc54)c3)n2)cc1. The molecule has 0 aliphatic heterocycles. The summed E-state index contributed by atoms with van der Waals surface area (Å²) in [6.07, 6.45) is 2.97. The van der Waals surface area contributed by atoms with Crippen molar-refractivity contribution in [2.75, 3.05) is 0 Å². The van der Waals surface area contributed by atoms with Crippen LogP contribution in [-0.2, 0) is 45.0 Å². The first kappa shape index (κ1) is 94.5. The molecule has 0 amide bonds. The molecule has 0 aliphatic rings. The van der Waals surface area contributed by atoms with E-state index in [4.69, 9.17) is 25.3 Å². The molecule has 0 saturated heterocycles. The van der Waals surface area contributed by atoms with Crippen LogP contribution in [0.1, 0.15) is 19.4 Å². The number of hydrogen-bond donors (Lipinski definition) is 1. The second-order valence-electron chi connectivity index (χ2n) is 35.0. The van der Waals surface area contributed by atoms with Gasteiger partial charge in [-0.3, -0.25) is 9.78 Å². The minimum absolute atomic E-state index is 0. The molecule has 14 heteroatoms. The second-order valence-corrected chi connectivity index (χ2v) is 35.0. The fourth-order valence-corrected chi connectivity index (χ4v) is 19.1. The number of carbonyl (C=O) groups is 1. The van der Waals surface area contributed by atoms with Crippen LogP contribution in [0.3, 0.4) is 0 Å². The van der Waals surface area contributed by atoms with Crippen LogP contribution < -0.4 is 0 Å². The van der Waals surface area contributed by atoms with Gasteiger partial charge in [0.15, 0.2) is 23.3 Å². The number of aliphatic hydroxyl groups is 1. The van der Waals surface area contributed by atoms with Crippen LogP contribution in [-0.4, -0.2) is 54.1 Å². The van der Waals surface area contributed by atoms with Crippen LogP contribution in [0.2, 0.25) is 0 Å². The third-order valence-corrected chi connectivity index (χ3v) is 25.8. The third kappa shape index (κ3) is 19.9. The topological polar surface area (TPSA) is 145 Å². The van der Waals surface area contributed by atoms with E-state index in [2.05, 4.69) is 362 Å². The van der Waals surface area contributed by atoms with Gasteiger partial charge in [0, 0.05) is 135 Å². The van der Waals surface area contributed by atoms with Gasteiger partial charge < -0.3 is 28.4 Å². The number of pyridine rings is 2. The molecule has 19 aromatic carbocycles. The van der Waals surface area contributed by atoms with Crippen molar-refractivity contribution >= 4 is 104 Å². The zero-order valence-electron chi connectivity index (χ0n) is 78.9. The Bertz CT molecular complexity index is 9140. The first-order chi connectivity index (χ1) is 70.5. The van der Waals surface area contributed by atoms with Gasteiger partial charge in [0.05, 0.1) is 67.0 Å². The molecule has 0 spiro atoms. The van der Waals surface area contributed by atoms with E-state index in [1.807, 2.05) is 176 Å². The normalized spacial score (nSPS) is 11.1. The number of aliphatic hydroxyl groups excluding tert-OH is 1. The summed E-state index contributed by atoms with van der Waals surface area (Å²) in [5.41, 5.74) is 31.8. The Morgan fingerprint density at radius 2 is 0.655 bits per heavy atom. The predicted octanol–water partition coefficient (Wildman–Crippen LogP) is 32.8. The van der Waals surface area contributed by atoms with Gasteiger partial charge in [0.25, 0.3) is 0 Å². The number of hydrogen-bond acceptors (Lipinski definition) is 8. The maximum absolute atomic E-state index is 10.0. The van der Waals surface area contributed by atoms with Gasteiger partial charge in [0.1, 0.15) is 0 Å². The molecule has 1 N–H and O–H groups in total. The standard InChI is InChI=1S/C51H33N5.C43H27N3.C17H12N.C15H10N.C5H8O2.2Ir/c1-4-15-34(16-5-1)49-52-50(35-17-6-2-7-18-35)54-51(53-49)38-19-14-22-40(31-38)56-45-25-12-10-23-41(45)43-29-27-37(33-48(43)56)36-28-30-47-44(32-36)42-24-11-13-26-46(42)55(47)39-20-8-3-9-21-39;44-28-29-14-16-30(17-15-29)31-18-22-35(23-19-31)46-41-13-7-5-11-37(41)39-27-33(21-25-43(39)46)32-20-24-42-38(26-32)36-10-4-6-12-40(36)45(42)34-8-2-1-3-9-34;1-2-7-14(8-3-1)15-9-6-10-16(13-15)17-11-4-5-12-18-17;1-2-6-12(7-3-1)15-11-10-13-8-4-5-9-14(13)16-15;1-4(6)3-5(2)7;;/h1-33H;1-27H;1-9,11-13H;1-6,8-11H;3,6H,1-2H3;;/q;;2*-1;;;. The summed E-state index contributed by atoms with van der Waals surface area (Å²) in [6, 6.07) is 180. The molecule has 26 aromatic rings. The number of nitrogens with zero attached hydrogens (tertiary/aromatic N) is 10. The first-order valence-electron chi connectivity index (χ1n) is 47.6. The van der Waals surface area contributed by atoms with E-state index in [1.54, 1.807) is 6.20 Å². The fraction of sp³-hybridized carbons (Fsp3) is 0.0153. The van der Waals surface area contributed by atoms with Crippen molar-refractivity contribution in [2.24, 2.45) is 0 Å². The van der Waals surface area contributed by atoms with Gasteiger partial charge in [-0.05, 0) is 209 Å². The summed E-state index contributed by atoms with van der Waals surface area (Å²) in [7, 11) is 0. The maximum atomic E-state index is 10.0. The van der Waals surface area contributed by atoms with Crippen molar-refractivity contribution in [1.82, 2.24) is 43.2 Å². The maximum Gasteiger partial charge on any atom is 0.164 e. The molecule has 0 unspecified atom stereocenters. The summed E-state index contributed by atoms with van der Waals surface area (Å²) in [6.45, 7) is 2.85. The van der Waals surface area contributed by atoms with E-state index >= 15 is 0 Å². The van der Waals surface area contributed by atoms with Crippen molar-refractivity contribution in [3.8, 4) is 130 Å². The Hall–Kier alpha value is -18.1. The molecule has 0 atom stereocenters. The Balaban J connectivity index is 0.000000127. The monoisotopic (exact) mass is 2220 g/mol. The largest absolute Gasteiger partial charge is 0.512 e. The Labute approximate surface area is 866 Å². The number of aromatic nitrogens is 9. The number of para-hydroxylation sites is 7. The van der Waals surface area contributed by atoms with Crippen LogP contribution in [0.25, 0.3) is 222 Å². The third-order valence-electron chi connectivity index (χ3n) is 25.8. The predicted molar refractivity (Wildman–Crippen MR) is 588 cm³/mol. The van der Waals surface area contributed by atoms with Crippen molar-refractivity contribution in [1.29, 1.82) is 5.26 Å². The van der Waals surface area contributed by atoms with Crippen LogP contribution in [0.15, 0.2) is 509 Å². The van der Waals surface area contributed by atoms with Gasteiger partial charge >= 0.3 is 0 Å². The Kier molecular flexibility index (Phi) is 28.0. The summed E-state index contributed by atoms with van der Waals surface area (Å²) in [4.78, 5) is 34.0. The number of nitriles is 1. The van der Waals surface area contributed by atoms with E-state index in [0.29, 0.717) is 23.0 Å². The average molecular weight is 2220 g/mol. The molecule has 0 aliphatic carbocycles. The first-order valence-corrected chi connectivity index (χ1v) is 47.6. The van der Waals surface area contributed by atoms with Crippen molar-refractivity contribution in [3.63, 3.8) is 0 Å². The van der Waals surface area contributed by atoms with Gasteiger partial charge in [-0.1, -0.05) is 309 Å². The smallest absolute Gasteiger partial charge is 0.164 e. The number of allylic oxidation sites excluding steroid dienone is 2. The summed E-state index contributed by atoms with van der Waals surface area (Å²) in [5, 5.41) is 28.6. The number of ketones is 1. The molecule has 7 aromatic heterocycles. The molecular weight excluding hydrogens is 2130 g/mol. The minimum atomic E-state index is -0.125. The molecule has 12 nitrogen and oxygen atoms in total. The molecule has 26 rings (SSSR count). The van der Waals surface area contributed by atoms with Gasteiger partial charge in [0.2, 0.25) is 0 Å². The number of benzene rings is 19. The molecule has 0 saturated carbocycles. The summed E-state index contributed by atoms with van der Waals surface area (Å²) >= 11 is 0. The fourth-order valence-electron chi connectivity index (χ4n) is 19.1.